The summed E-state index contributed by atoms with van der Waals surface area (Å²) in [5.74, 6) is -0.784. The Labute approximate surface area is 90.6 Å². The molecule has 1 rings (SSSR count). The Bertz CT molecular complexity index is 207. The van der Waals surface area contributed by atoms with Crippen molar-refractivity contribution < 1.29 is 19.4 Å². The van der Waals surface area contributed by atoms with Crippen molar-refractivity contribution in [2.24, 2.45) is 5.41 Å². The average molecular weight is 216 g/mol. The molecule has 0 saturated carbocycles. The topological polar surface area (TPSA) is 55.8 Å². The van der Waals surface area contributed by atoms with Crippen molar-refractivity contribution in [1.29, 1.82) is 0 Å². The van der Waals surface area contributed by atoms with E-state index in [1.54, 1.807) is 0 Å². The zero-order chi connectivity index (χ0) is 11.3. The van der Waals surface area contributed by atoms with Gasteiger partial charge >= 0.3 is 5.97 Å². The third kappa shape index (κ3) is 5.14. The second-order valence-electron chi connectivity index (χ2n) is 4.84. The summed E-state index contributed by atoms with van der Waals surface area (Å²) in [5.41, 5.74) is -0.327. The van der Waals surface area contributed by atoms with Gasteiger partial charge in [-0.05, 0) is 24.7 Å². The largest absolute Gasteiger partial charge is 0.481 e. The van der Waals surface area contributed by atoms with Crippen LogP contribution in [0.5, 0.6) is 0 Å². The summed E-state index contributed by atoms with van der Waals surface area (Å²) < 4.78 is 11.0. The van der Waals surface area contributed by atoms with E-state index in [2.05, 4.69) is 0 Å². The number of carboxylic acid groups (broad SMARTS) is 1. The maximum atomic E-state index is 10.6. The van der Waals surface area contributed by atoms with Crippen LogP contribution in [0.4, 0.5) is 0 Å². The Hall–Kier alpha value is -0.610. The Balaban J connectivity index is 2.24. The number of hydrogen-bond acceptors (Lipinski definition) is 3. The van der Waals surface area contributed by atoms with Crippen LogP contribution in [0.1, 0.15) is 39.5 Å². The molecule has 0 bridgehead atoms. The molecule has 0 aromatic rings. The van der Waals surface area contributed by atoms with Crippen LogP contribution in [0.3, 0.4) is 0 Å². The lowest BCUT2D eigenvalue weighted by molar-refractivity contribution is -0.178. The molecule has 1 atom stereocenters. The van der Waals surface area contributed by atoms with E-state index >= 15 is 0 Å². The van der Waals surface area contributed by atoms with Gasteiger partial charge < -0.3 is 14.6 Å². The molecule has 15 heavy (non-hydrogen) atoms. The van der Waals surface area contributed by atoms with Gasteiger partial charge in [-0.25, -0.2) is 0 Å². The fourth-order valence-electron chi connectivity index (χ4n) is 1.62. The number of carboxylic acids is 1. The molecule has 1 N–H and O–H groups in total. The van der Waals surface area contributed by atoms with Gasteiger partial charge in [-0.3, -0.25) is 4.79 Å². The smallest absolute Gasteiger partial charge is 0.303 e. The van der Waals surface area contributed by atoms with Gasteiger partial charge in [-0.1, -0.05) is 13.8 Å². The van der Waals surface area contributed by atoms with Crippen LogP contribution >= 0.6 is 0 Å². The highest BCUT2D eigenvalue weighted by Crippen LogP contribution is 2.23. The van der Waals surface area contributed by atoms with E-state index in [0.717, 1.165) is 25.9 Å². The molecule has 0 aromatic heterocycles. The quantitative estimate of drug-likeness (QED) is 0.764. The molecule has 1 aliphatic rings. The molecular weight excluding hydrogens is 196 g/mol. The van der Waals surface area contributed by atoms with Crippen LogP contribution in [0, 0.1) is 5.41 Å². The number of aliphatic carboxylic acids is 1. The van der Waals surface area contributed by atoms with Crippen molar-refractivity contribution in [3.05, 3.63) is 0 Å². The van der Waals surface area contributed by atoms with E-state index in [9.17, 15) is 4.79 Å². The molecular formula is C11H20O4. The van der Waals surface area contributed by atoms with E-state index < -0.39 is 5.97 Å². The predicted molar refractivity (Wildman–Crippen MR) is 55.6 cm³/mol. The van der Waals surface area contributed by atoms with E-state index in [-0.39, 0.29) is 18.1 Å². The second kappa shape index (κ2) is 5.47. The summed E-state index contributed by atoms with van der Waals surface area (Å²) >= 11 is 0. The van der Waals surface area contributed by atoms with Gasteiger partial charge in [0.25, 0.3) is 0 Å². The van der Waals surface area contributed by atoms with Gasteiger partial charge in [0.15, 0.2) is 6.29 Å². The van der Waals surface area contributed by atoms with E-state index in [1.165, 1.54) is 0 Å². The number of carbonyl (C=O) groups is 1. The zero-order valence-corrected chi connectivity index (χ0v) is 9.49. The molecule has 0 spiro atoms. The molecule has 1 fully saturated rings. The molecule has 0 radical (unpaired) electrons. The zero-order valence-electron chi connectivity index (χ0n) is 9.49. The van der Waals surface area contributed by atoms with E-state index in [4.69, 9.17) is 14.6 Å². The van der Waals surface area contributed by atoms with Crippen LogP contribution in [0.15, 0.2) is 0 Å². The molecule has 4 heteroatoms. The number of ether oxygens (including phenoxy) is 2. The van der Waals surface area contributed by atoms with Crippen molar-refractivity contribution in [3.63, 3.8) is 0 Å². The first-order valence-electron chi connectivity index (χ1n) is 5.45. The van der Waals surface area contributed by atoms with Crippen LogP contribution < -0.4 is 0 Å². The maximum absolute atomic E-state index is 10.6. The maximum Gasteiger partial charge on any atom is 0.303 e. The van der Waals surface area contributed by atoms with Crippen molar-refractivity contribution >= 4 is 5.97 Å². The molecule has 0 aromatic carbocycles. The minimum Gasteiger partial charge on any atom is -0.481 e. The minimum absolute atomic E-state index is 0.125. The fraction of sp³-hybridized carbons (Fsp3) is 0.909. The van der Waals surface area contributed by atoms with Gasteiger partial charge in [-0.15, -0.1) is 0 Å². The lowest BCUT2D eigenvalue weighted by Crippen LogP contribution is -2.29. The Morgan fingerprint density at radius 2 is 2.27 bits per heavy atom. The highest BCUT2D eigenvalue weighted by molar-refractivity contribution is 5.67. The minimum atomic E-state index is -0.784. The summed E-state index contributed by atoms with van der Waals surface area (Å²) in [6.45, 7) is 4.97. The molecule has 1 heterocycles. The normalized spacial score (nSPS) is 22.7. The van der Waals surface area contributed by atoms with Gasteiger partial charge in [0, 0.05) is 6.61 Å². The van der Waals surface area contributed by atoms with Crippen LogP contribution in [0.25, 0.3) is 0 Å². The third-order valence-corrected chi connectivity index (χ3v) is 2.43. The van der Waals surface area contributed by atoms with Crippen LogP contribution in [-0.4, -0.2) is 30.6 Å². The molecule has 1 unspecified atom stereocenters. The first-order valence-corrected chi connectivity index (χ1v) is 5.45. The van der Waals surface area contributed by atoms with Crippen LogP contribution in [0.2, 0.25) is 0 Å². The average Bonchev–Trinajstić information content (AvgIpc) is 2.15. The fourth-order valence-corrected chi connectivity index (χ4v) is 1.62. The lowest BCUT2D eigenvalue weighted by Gasteiger charge is -2.28. The van der Waals surface area contributed by atoms with Crippen molar-refractivity contribution in [2.75, 3.05) is 13.2 Å². The first kappa shape index (κ1) is 12.5. The highest BCUT2D eigenvalue weighted by atomic mass is 16.7. The van der Waals surface area contributed by atoms with Gasteiger partial charge in [0.2, 0.25) is 0 Å². The summed E-state index contributed by atoms with van der Waals surface area (Å²) in [6, 6.07) is 0. The predicted octanol–water partition coefficient (Wildman–Crippen LogP) is 2.03. The Morgan fingerprint density at radius 3 is 2.80 bits per heavy atom. The Kier molecular flexibility index (Phi) is 4.54. The van der Waals surface area contributed by atoms with Gasteiger partial charge in [0.05, 0.1) is 13.0 Å². The first-order chi connectivity index (χ1) is 6.99. The lowest BCUT2D eigenvalue weighted by atomic mass is 9.90. The molecule has 4 nitrogen and oxygen atoms in total. The van der Waals surface area contributed by atoms with Gasteiger partial charge in [-0.2, -0.15) is 0 Å². The monoisotopic (exact) mass is 216 g/mol. The molecule has 0 aliphatic carbocycles. The molecule has 1 aliphatic heterocycles. The summed E-state index contributed by atoms with van der Waals surface area (Å²) in [5, 5.41) is 8.70. The second-order valence-corrected chi connectivity index (χ2v) is 4.84. The van der Waals surface area contributed by atoms with Crippen LogP contribution in [-0.2, 0) is 14.3 Å². The Morgan fingerprint density at radius 1 is 1.53 bits per heavy atom. The van der Waals surface area contributed by atoms with Crippen molar-refractivity contribution in [3.8, 4) is 0 Å². The summed E-state index contributed by atoms with van der Waals surface area (Å²) in [7, 11) is 0. The number of hydrogen-bond donors (Lipinski definition) is 1. The molecule has 1 saturated heterocycles. The highest BCUT2D eigenvalue weighted by Gasteiger charge is 2.24. The molecule has 88 valence electrons. The SMILES string of the molecule is CC(C)(COC1CCCCO1)CC(=O)O. The van der Waals surface area contributed by atoms with E-state index in [1.807, 2.05) is 13.8 Å². The van der Waals surface area contributed by atoms with Crippen molar-refractivity contribution in [1.82, 2.24) is 0 Å². The van der Waals surface area contributed by atoms with E-state index in [0.29, 0.717) is 6.61 Å². The summed E-state index contributed by atoms with van der Waals surface area (Å²) in [6.07, 6.45) is 3.14. The number of rotatable bonds is 5. The standard InChI is InChI=1S/C11H20O4/c1-11(2,7-9(12)13)8-15-10-5-3-4-6-14-10/h10H,3-8H2,1-2H3,(H,12,13). The van der Waals surface area contributed by atoms with Gasteiger partial charge in [0.1, 0.15) is 0 Å². The summed E-state index contributed by atoms with van der Waals surface area (Å²) in [4.78, 5) is 10.6. The van der Waals surface area contributed by atoms with Crippen molar-refractivity contribution in [2.45, 2.75) is 45.8 Å². The molecule has 0 amide bonds. The third-order valence-electron chi connectivity index (χ3n) is 2.43.